The van der Waals surface area contributed by atoms with Crippen LogP contribution in [0.5, 0.6) is 0 Å². The maximum Gasteiger partial charge on any atom is 0.505 e. The number of fused-ring (bicyclic) bond motifs is 1. The minimum Gasteiger partial charge on any atom is -0.450 e. The zero-order valence-electron chi connectivity index (χ0n) is 30.4. The number of ether oxygens (including phenoxy) is 1. The Morgan fingerprint density at radius 3 is 1.76 bits per heavy atom. The van der Waals surface area contributed by atoms with Gasteiger partial charge in [0, 0.05) is 21.6 Å². The molecule has 0 radical (unpaired) electrons. The Bertz CT molecular complexity index is 1800. The topological polar surface area (TPSA) is 82.1 Å². The highest BCUT2D eigenvalue weighted by Crippen LogP contribution is 2.58. The van der Waals surface area contributed by atoms with Crippen molar-refractivity contribution in [2.24, 2.45) is 28.6 Å². The summed E-state index contributed by atoms with van der Waals surface area (Å²) in [7, 11) is 2.66. The summed E-state index contributed by atoms with van der Waals surface area (Å²) in [6, 6.07) is 21.1. The van der Waals surface area contributed by atoms with Crippen LogP contribution in [0.4, 0.5) is 4.79 Å². The number of hydrogen-bond donors (Lipinski definition) is 1. The van der Waals surface area contributed by atoms with Crippen LogP contribution in [-0.2, 0) is 19.3 Å². The Kier molecular flexibility index (Phi) is 11.6. The Hall–Kier alpha value is -3.56. The van der Waals surface area contributed by atoms with Crippen molar-refractivity contribution < 1.29 is 29.2 Å². The molecule has 2 aromatic rings. The van der Waals surface area contributed by atoms with Crippen molar-refractivity contribution in [3.63, 3.8) is 0 Å². The Morgan fingerprint density at radius 2 is 1.28 bits per heavy atom. The molecule has 4 atom stereocenters. The van der Waals surface area contributed by atoms with Crippen LogP contribution in [0.25, 0.3) is 9.81 Å². The largest absolute Gasteiger partial charge is 0.505 e. The van der Waals surface area contributed by atoms with Crippen molar-refractivity contribution in [3.05, 3.63) is 128 Å². The van der Waals surface area contributed by atoms with Crippen molar-refractivity contribution in [2.75, 3.05) is 14.2 Å². The lowest BCUT2D eigenvalue weighted by atomic mass is 9.68. The Labute approximate surface area is 305 Å². The normalized spacial score (nSPS) is 25.9. The number of carbonyl (C=O) groups excluding carboxylic acids is 1. The van der Waals surface area contributed by atoms with Gasteiger partial charge < -0.3 is 9.84 Å². The second-order valence-electron chi connectivity index (χ2n) is 15.0. The molecular weight excluding hydrogens is 665 g/mol. The van der Waals surface area contributed by atoms with Crippen LogP contribution in [0.1, 0.15) is 66.0 Å². The molecule has 0 bridgehead atoms. The summed E-state index contributed by atoms with van der Waals surface area (Å²) in [5.74, 6) is -0.177. The lowest BCUT2D eigenvalue weighted by Gasteiger charge is -2.38. The molecule has 4 unspecified atom stereocenters. The highest BCUT2D eigenvalue weighted by molar-refractivity contribution is 8.12. The molecule has 50 heavy (non-hydrogen) atoms. The van der Waals surface area contributed by atoms with Crippen molar-refractivity contribution in [1.82, 2.24) is 0 Å². The molecule has 2 aromatic carbocycles. The number of rotatable bonds is 5. The second kappa shape index (κ2) is 15.4. The number of benzene rings is 2. The van der Waals surface area contributed by atoms with E-state index in [1.807, 2.05) is 23.5 Å². The fourth-order valence-electron chi connectivity index (χ4n) is 6.71. The summed E-state index contributed by atoms with van der Waals surface area (Å²) in [5.41, 5.74) is 7.07. The first kappa shape index (κ1) is 37.7. The molecule has 2 aliphatic carbocycles. The highest BCUT2D eigenvalue weighted by atomic mass is 32.2. The molecule has 2 heterocycles. The first-order valence-electron chi connectivity index (χ1n) is 16.9. The first-order chi connectivity index (χ1) is 23.6. The van der Waals surface area contributed by atoms with Gasteiger partial charge in [0.25, 0.3) is 0 Å². The molecule has 2 fully saturated rings. The number of Topliss-reactive ketones (excluding diaryl/α,β-unsaturated/α-hetero) is 1. The summed E-state index contributed by atoms with van der Waals surface area (Å²) in [4.78, 5) is 39.9. The van der Waals surface area contributed by atoms with Crippen LogP contribution in [0.15, 0.2) is 117 Å². The van der Waals surface area contributed by atoms with Gasteiger partial charge in [0.05, 0.1) is 20.1 Å². The SMILES string of the molecule is COC(=O)O.COOC1C(C(C)=C2C=C(c3ccccc3)SC(C(C)(C)C)=C2)C(=O)C2CC(=C3C=C(c4ccccc4)SC(C(C)(C)C)=C3)C21. The number of methoxy groups -OCH3 is 1. The molecule has 0 spiro atoms. The third kappa shape index (κ3) is 8.15. The van der Waals surface area contributed by atoms with Crippen molar-refractivity contribution >= 4 is 45.3 Å². The number of carbonyl (C=O) groups is 2. The molecule has 6 rings (SSSR count). The number of carboxylic acid groups (broad SMARTS) is 1. The zero-order chi connectivity index (χ0) is 36.4. The molecule has 8 heteroatoms. The van der Waals surface area contributed by atoms with Gasteiger partial charge in [0.15, 0.2) is 0 Å². The predicted octanol–water partition coefficient (Wildman–Crippen LogP) is 11.1. The van der Waals surface area contributed by atoms with Gasteiger partial charge >= 0.3 is 6.16 Å². The van der Waals surface area contributed by atoms with Crippen molar-refractivity contribution in [1.29, 1.82) is 0 Å². The molecule has 6 nitrogen and oxygen atoms in total. The third-order valence-corrected chi connectivity index (χ3v) is 12.5. The minimum atomic E-state index is -1.25. The van der Waals surface area contributed by atoms with Gasteiger partial charge in [-0.25, -0.2) is 14.6 Å². The summed E-state index contributed by atoms with van der Waals surface area (Å²) < 4.78 is 3.67. The van der Waals surface area contributed by atoms with E-state index < -0.39 is 6.16 Å². The molecule has 0 saturated heterocycles. The van der Waals surface area contributed by atoms with E-state index >= 15 is 0 Å². The quantitative estimate of drug-likeness (QED) is 0.186. The molecule has 2 saturated carbocycles. The maximum atomic E-state index is 14.2. The molecule has 1 N–H and O–H groups in total. The third-order valence-electron chi connectivity index (χ3n) is 9.49. The fourth-order valence-corrected chi connectivity index (χ4v) is 9.05. The lowest BCUT2D eigenvalue weighted by Crippen LogP contribution is -2.36. The summed E-state index contributed by atoms with van der Waals surface area (Å²) in [5, 5.41) is 7.50. The number of ketones is 1. The van der Waals surface area contributed by atoms with Gasteiger partial charge in [-0.2, -0.15) is 0 Å². The second-order valence-corrected chi connectivity index (χ2v) is 17.2. The van der Waals surface area contributed by atoms with E-state index in [0.717, 1.165) is 24.7 Å². The average Bonchev–Trinajstić information content (AvgIpc) is 3.28. The molecule has 4 aliphatic rings. The Balaban J connectivity index is 0.000000908. The highest BCUT2D eigenvalue weighted by Gasteiger charge is 2.59. The van der Waals surface area contributed by atoms with E-state index in [9.17, 15) is 4.79 Å². The van der Waals surface area contributed by atoms with Crippen LogP contribution in [0.3, 0.4) is 0 Å². The molecule has 2 aliphatic heterocycles. The van der Waals surface area contributed by atoms with Crippen LogP contribution >= 0.6 is 23.5 Å². The first-order valence-corrected chi connectivity index (χ1v) is 18.6. The van der Waals surface area contributed by atoms with E-state index in [4.69, 9.17) is 19.7 Å². The number of thioether (sulfide) groups is 2. The van der Waals surface area contributed by atoms with Gasteiger partial charge in [0.1, 0.15) is 11.9 Å². The van der Waals surface area contributed by atoms with Gasteiger partial charge in [-0.1, -0.05) is 137 Å². The maximum absolute atomic E-state index is 14.2. The zero-order valence-corrected chi connectivity index (χ0v) is 32.0. The monoisotopic (exact) mass is 712 g/mol. The smallest absolute Gasteiger partial charge is 0.450 e. The van der Waals surface area contributed by atoms with Crippen LogP contribution in [0.2, 0.25) is 0 Å². The van der Waals surface area contributed by atoms with Crippen LogP contribution in [-0.4, -0.2) is 37.4 Å². The van der Waals surface area contributed by atoms with Crippen molar-refractivity contribution in [2.45, 2.75) is 61.0 Å². The fraction of sp³-hybridized carbons (Fsp3) is 0.381. The van der Waals surface area contributed by atoms with Gasteiger partial charge in [-0.3, -0.25) is 4.79 Å². The van der Waals surface area contributed by atoms with Crippen LogP contribution in [0, 0.1) is 28.6 Å². The number of allylic oxidation sites excluding steroid dienone is 8. The van der Waals surface area contributed by atoms with Gasteiger partial charge in [0.2, 0.25) is 0 Å². The molecular formula is C42H48O6S2. The van der Waals surface area contributed by atoms with Crippen LogP contribution < -0.4 is 0 Å². The summed E-state index contributed by atoms with van der Waals surface area (Å²) in [6.45, 7) is 15.7. The molecule has 0 amide bonds. The van der Waals surface area contributed by atoms with E-state index in [1.54, 1.807) is 7.11 Å². The average molecular weight is 713 g/mol. The molecule has 0 aromatic heterocycles. The van der Waals surface area contributed by atoms with Gasteiger partial charge in [-0.05, 0) is 80.6 Å². The van der Waals surface area contributed by atoms with E-state index in [-0.39, 0.29) is 40.5 Å². The summed E-state index contributed by atoms with van der Waals surface area (Å²) >= 11 is 3.68. The summed E-state index contributed by atoms with van der Waals surface area (Å²) in [6.07, 6.45) is 8.36. The van der Waals surface area contributed by atoms with Crippen molar-refractivity contribution in [3.8, 4) is 0 Å². The Morgan fingerprint density at radius 1 is 0.780 bits per heavy atom. The van der Waals surface area contributed by atoms with E-state index in [1.165, 1.54) is 41.9 Å². The van der Waals surface area contributed by atoms with E-state index in [2.05, 4.69) is 138 Å². The minimum absolute atomic E-state index is 0.00424. The standard InChI is InChI=1S/C40H44O3S2.C2H4O3/c1-24(27-19-31(25-15-11-9-12-16-25)44-33(21-27)39(2,3)4)35-37(41)30-23-29(36(30)38(35)43-42-8)28-20-32(26-17-13-10-14-18-26)45-34(22-28)40(5,6)7;1-5-2(3)4/h9-22,30,35-36,38H,23H2,1-8H3;1H3,(H,3,4). The predicted molar refractivity (Wildman–Crippen MR) is 206 cm³/mol. The lowest BCUT2D eigenvalue weighted by molar-refractivity contribution is -0.317. The van der Waals surface area contributed by atoms with Gasteiger partial charge in [-0.15, -0.1) is 0 Å². The molecule has 264 valence electrons. The van der Waals surface area contributed by atoms with E-state index in [0.29, 0.717) is 0 Å². The number of hydrogen-bond acceptors (Lipinski definition) is 7.